The Morgan fingerprint density at radius 1 is 1.32 bits per heavy atom. The lowest BCUT2D eigenvalue weighted by Crippen LogP contribution is -2.46. The Morgan fingerprint density at radius 2 is 1.91 bits per heavy atom. The maximum absolute atomic E-state index is 12.0. The minimum absolute atomic E-state index is 0.422. The Morgan fingerprint density at radius 3 is 2.41 bits per heavy atom. The van der Waals surface area contributed by atoms with Crippen molar-refractivity contribution < 1.29 is 14.6 Å². The van der Waals surface area contributed by atoms with E-state index >= 15 is 0 Å². The summed E-state index contributed by atoms with van der Waals surface area (Å²) in [5.41, 5.74) is 1.35. The molecule has 22 heavy (non-hydrogen) atoms. The van der Waals surface area contributed by atoms with Crippen LogP contribution < -0.4 is 5.32 Å². The highest BCUT2D eigenvalue weighted by molar-refractivity contribution is 5.68. The van der Waals surface area contributed by atoms with Crippen LogP contribution in [0.15, 0.2) is 42.5 Å². The summed E-state index contributed by atoms with van der Waals surface area (Å²) in [7, 11) is 0. The molecule has 2 atom stereocenters. The van der Waals surface area contributed by atoms with Crippen molar-refractivity contribution >= 4 is 6.09 Å². The summed E-state index contributed by atoms with van der Waals surface area (Å²) in [5, 5.41) is 13.1. The first-order valence-electron chi connectivity index (χ1n) is 7.53. The Bertz CT molecular complexity index is 491. The van der Waals surface area contributed by atoms with Crippen molar-refractivity contribution in [3.05, 3.63) is 48.0 Å². The fraction of sp³-hybridized carbons (Fsp3) is 0.500. The third-order valence-corrected chi connectivity index (χ3v) is 3.02. The lowest BCUT2D eigenvalue weighted by Gasteiger charge is -2.27. The van der Waals surface area contributed by atoms with Crippen molar-refractivity contribution in [2.45, 2.75) is 58.3 Å². The molecule has 0 aliphatic heterocycles. The summed E-state index contributed by atoms with van der Waals surface area (Å²) in [6, 6.07) is 9.32. The van der Waals surface area contributed by atoms with Crippen LogP contribution >= 0.6 is 0 Å². The number of rotatable bonds is 6. The van der Waals surface area contributed by atoms with Gasteiger partial charge in [0.1, 0.15) is 5.60 Å². The van der Waals surface area contributed by atoms with E-state index in [9.17, 15) is 9.90 Å². The summed E-state index contributed by atoms with van der Waals surface area (Å²) in [5.74, 6) is 0. The number of aliphatic hydroxyl groups excluding tert-OH is 1. The maximum atomic E-state index is 12.0. The monoisotopic (exact) mass is 305 g/mol. The molecule has 0 fully saturated rings. The van der Waals surface area contributed by atoms with Crippen LogP contribution in [0.2, 0.25) is 0 Å². The lowest BCUT2D eigenvalue weighted by atomic mass is 9.97. The molecule has 1 amide bonds. The van der Waals surface area contributed by atoms with Gasteiger partial charge < -0.3 is 15.2 Å². The highest BCUT2D eigenvalue weighted by atomic mass is 16.6. The van der Waals surface area contributed by atoms with E-state index in [-0.39, 0.29) is 0 Å². The largest absolute Gasteiger partial charge is 0.444 e. The number of nitrogens with one attached hydrogen (secondary N) is 1. The van der Waals surface area contributed by atoms with Crippen molar-refractivity contribution in [2.24, 2.45) is 0 Å². The van der Waals surface area contributed by atoms with Gasteiger partial charge in [-0.3, -0.25) is 0 Å². The average molecular weight is 305 g/mol. The van der Waals surface area contributed by atoms with E-state index < -0.39 is 23.8 Å². The van der Waals surface area contributed by atoms with E-state index in [1.807, 2.05) is 58.0 Å². The predicted molar refractivity (Wildman–Crippen MR) is 88.7 cm³/mol. The van der Waals surface area contributed by atoms with Crippen LogP contribution in [0.1, 0.15) is 39.7 Å². The van der Waals surface area contributed by atoms with Crippen LogP contribution in [0.4, 0.5) is 4.79 Å². The lowest BCUT2D eigenvalue weighted by molar-refractivity contribution is 0.0422. The Labute approximate surface area is 133 Å². The van der Waals surface area contributed by atoms with Gasteiger partial charge in [0.15, 0.2) is 0 Å². The number of hydrogen-bond acceptors (Lipinski definition) is 3. The van der Waals surface area contributed by atoms with Gasteiger partial charge >= 0.3 is 6.09 Å². The molecule has 4 nitrogen and oxygen atoms in total. The molecule has 1 rings (SSSR count). The molecule has 1 aromatic carbocycles. The molecular weight excluding hydrogens is 278 g/mol. The number of aliphatic hydroxyl groups is 1. The van der Waals surface area contributed by atoms with E-state index in [4.69, 9.17) is 4.74 Å². The van der Waals surface area contributed by atoms with Crippen LogP contribution in [0.3, 0.4) is 0 Å². The summed E-state index contributed by atoms with van der Waals surface area (Å²) in [6.07, 6.45) is -0.249. The third kappa shape index (κ3) is 7.27. The van der Waals surface area contributed by atoms with Gasteiger partial charge in [0.05, 0.1) is 12.1 Å². The van der Waals surface area contributed by atoms with Gasteiger partial charge in [-0.1, -0.05) is 35.9 Å². The molecule has 0 saturated heterocycles. The molecule has 0 bridgehead atoms. The van der Waals surface area contributed by atoms with E-state index in [2.05, 4.69) is 11.9 Å². The summed E-state index contributed by atoms with van der Waals surface area (Å²) in [6.45, 7) is 11.1. The molecule has 122 valence electrons. The van der Waals surface area contributed by atoms with Gasteiger partial charge in [0, 0.05) is 0 Å². The summed E-state index contributed by atoms with van der Waals surface area (Å²) >= 11 is 0. The minimum atomic E-state index is -0.703. The van der Waals surface area contributed by atoms with E-state index in [1.54, 1.807) is 0 Å². The molecule has 0 spiro atoms. The fourth-order valence-corrected chi connectivity index (χ4v) is 2.11. The number of benzene rings is 1. The number of alkyl carbamates (subject to hydrolysis) is 1. The van der Waals surface area contributed by atoms with Gasteiger partial charge in [-0.2, -0.15) is 0 Å². The molecule has 1 aromatic rings. The smallest absolute Gasteiger partial charge is 0.407 e. The fourth-order valence-electron chi connectivity index (χ4n) is 2.11. The highest BCUT2D eigenvalue weighted by Gasteiger charge is 2.24. The van der Waals surface area contributed by atoms with Crippen LogP contribution in [-0.4, -0.2) is 28.9 Å². The quantitative estimate of drug-likeness (QED) is 0.791. The van der Waals surface area contributed by atoms with Gasteiger partial charge in [-0.05, 0) is 46.1 Å². The van der Waals surface area contributed by atoms with Gasteiger partial charge in [-0.15, -0.1) is 6.58 Å². The first-order valence-corrected chi connectivity index (χ1v) is 7.53. The van der Waals surface area contributed by atoms with Crippen molar-refractivity contribution in [3.63, 3.8) is 0 Å². The van der Waals surface area contributed by atoms with Crippen molar-refractivity contribution in [1.29, 1.82) is 0 Å². The molecular formula is C18H27NO3. The van der Waals surface area contributed by atoms with Crippen LogP contribution in [0, 0.1) is 0 Å². The molecule has 0 aliphatic rings. The Hall–Kier alpha value is -1.81. The molecule has 2 N–H and O–H groups in total. The normalized spacial score (nSPS) is 14.0. The number of ether oxygens (including phenoxy) is 1. The molecule has 0 heterocycles. The second-order valence-corrected chi connectivity index (χ2v) is 6.67. The number of amides is 1. The third-order valence-electron chi connectivity index (χ3n) is 3.02. The number of carbonyl (C=O) groups is 1. The first kappa shape index (κ1) is 18.2. The van der Waals surface area contributed by atoms with E-state index in [1.165, 1.54) is 0 Å². The Kier molecular flexibility index (Phi) is 6.62. The van der Waals surface area contributed by atoms with Gasteiger partial charge in [-0.25, -0.2) is 4.79 Å². The summed E-state index contributed by atoms with van der Waals surface area (Å²) in [4.78, 5) is 12.0. The zero-order valence-electron chi connectivity index (χ0n) is 13.9. The molecule has 4 heteroatoms. The van der Waals surface area contributed by atoms with Crippen LogP contribution in [0.25, 0.3) is 0 Å². The molecule has 0 saturated carbocycles. The SMILES string of the molecule is C=C(C)C[C@H](O)[C@H](Cc1ccccc1)NC(=O)OC(C)(C)C. The summed E-state index contributed by atoms with van der Waals surface area (Å²) < 4.78 is 5.28. The molecule has 0 aromatic heterocycles. The number of hydrogen-bond donors (Lipinski definition) is 2. The van der Waals surface area contributed by atoms with Crippen LogP contribution in [-0.2, 0) is 11.2 Å². The molecule has 0 unspecified atom stereocenters. The topological polar surface area (TPSA) is 58.6 Å². The minimum Gasteiger partial charge on any atom is -0.444 e. The van der Waals surface area contributed by atoms with E-state index in [0.717, 1.165) is 11.1 Å². The van der Waals surface area contributed by atoms with Crippen LogP contribution in [0.5, 0.6) is 0 Å². The highest BCUT2D eigenvalue weighted by Crippen LogP contribution is 2.13. The second-order valence-electron chi connectivity index (χ2n) is 6.67. The standard InChI is InChI=1S/C18H27NO3/c1-13(2)11-16(20)15(12-14-9-7-6-8-10-14)19-17(21)22-18(3,4)5/h6-10,15-16,20H,1,11-12H2,2-5H3,(H,19,21)/t15-,16-/m0/s1. The van der Waals surface area contributed by atoms with Gasteiger partial charge in [0.25, 0.3) is 0 Å². The van der Waals surface area contributed by atoms with E-state index in [0.29, 0.717) is 12.8 Å². The average Bonchev–Trinajstić information content (AvgIpc) is 2.36. The van der Waals surface area contributed by atoms with Crippen molar-refractivity contribution in [2.75, 3.05) is 0 Å². The maximum Gasteiger partial charge on any atom is 0.407 e. The zero-order valence-corrected chi connectivity index (χ0v) is 13.9. The molecule has 0 radical (unpaired) electrons. The first-order chi connectivity index (χ1) is 10.2. The zero-order chi connectivity index (χ0) is 16.8. The Balaban J connectivity index is 2.77. The second kappa shape index (κ2) is 7.99. The predicted octanol–water partition coefficient (Wildman–Crippen LogP) is 3.45. The molecule has 0 aliphatic carbocycles. The van der Waals surface area contributed by atoms with Gasteiger partial charge in [0.2, 0.25) is 0 Å². The van der Waals surface area contributed by atoms with Crippen molar-refractivity contribution in [1.82, 2.24) is 5.32 Å². The number of carbonyl (C=O) groups excluding carboxylic acids is 1. The van der Waals surface area contributed by atoms with Crippen molar-refractivity contribution in [3.8, 4) is 0 Å².